The molecule has 0 unspecified atom stereocenters. The maximum atomic E-state index is 5.89. The first kappa shape index (κ1) is 16.9. The van der Waals surface area contributed by atoms with E-state index in [2.05, 4.69) is 38.2 Å². The Morgan fingerprint density at radius 3 is 2.45 bits per heavy atom. The molecule has 0 atom stereocenters. The first-order chi connectivity index (χ1) is 10.5. The topological polar surface area (TPSA) is 21.3 Å². The zero-order valence-electron chi connectivity index (χ0n) is 13.5. The van der Waals surface area contributed by atoms with E-state index in [9.17, 15) is 0 Å². The van der Waals surface area contributed by atoms with Gasteiger partial charge in [0.1, 0.15) is 12.4 Å². The van der Waals surface area contributed by atoms with Gasteiger partial charge in [-0.15, -0.1) is 0 Å². The lowest BCUT2D eigenvalue weighted by Crippen LogP contribution is -2.37. The highest BCUT2D eigenvalue weighted by Gasteiger charge is 2.13. The van der Waals surface area contributed by atoms with Gasteiger partial charge in [-0.05, 0) is 55.7 Å². The van der Waals surface area contributed by atoms with Crippen LogP contribution in [0.1, 0.15) is 38.3 Å². The van der Waals surface area contributed by atoms with E-state index in [0.717, 1.165) is 29.3 Å². The van der Waals surface area contributed by atoms with Crippen LogP contribution in [0.15, 0.2) is 48.5 Å². The fourth-order valence-electron chi connectivity index (χ4n) is 1.96. The van der Waals surface area contributed by atoms with E-state index in [-0.39, 0.29) is 5.54 Å². The smallest absolute Gasteiger partial charge is 0.120 e. The van der Waals surface area contributed by atoms with Gasteiger partial charge in [0.2, 0.25) is 0 Å². The fraction of sp³-hybridized carbons (Fsp3) is 0.368. The predicted molar refractivity (Wildman–Crippen MR) is 93.4 cm³/mol. The normalized spacial score (nSPS) is 11.5. The van der Waals surface area contributed by atoms with Crippen molar-refractivity contribution in [2.75, 3.05) is 0 Å². The Labute approximate surface area is 138 Å². The summed E-state index contributed by atoms with van der Waals surface area (Å²) in [6, 6.07) is 16.0. The Morgan fingerprint density at radius 1 is 1.05 bits per heavy atom. The van der Waals surface area contributed by atoms with Crippen LogP contribution >= 0.6 is 11.6 Å². The zero-order chi connectivity index (χ0) is 16.0. The highest BCUT2D eigenvalue weighted by atomic mass is 35.5. The molecule has 0 saturated heterocycles. The third-order valence-electron chi connectivity index (χ3n) is 3.87. The highest BCUT2D eigenvalue weighted by Crippen LogP contribution is 2.17. The van der Waals surface area contributed by atoms with Gasteiger partial charge in [-0.25, -0.2) is 0 Å². The standard InChI is InChI=1S/C19H24ClNO/c1-4-19(2,3)21-13-16-6-5-7-18(12-16)22-14-15-8-10-17(20)11-9-15/h5-12,21H,4,13-14H2,1-3H3. The number of halogens is 1. The molecular formula is C19H24ClNO. The Hall–Kier alpha value is -1.51. The van der Waals surface area contributed by atoms with Crippen LogP contribution in [0.25, 0.3) is 0 Å². The maximum absolute atomic E-state index is 5.89. The summed E-state index contributed by atoms with van der Waals surface area (Å²) >= 11 is 5.89. The number of hydrogen-bond donors (Lipinski definition) is 1. The summed E-state index contributed by atoms with van der Waals surface area (Å²) in [5.41, 5.74) is 2.50. The lowest BCUT2D eigenvalue weighted by Gasteiger charge is -2.24. The molecule has 22 heavy (non-hydrogen) atoms. The molecule has 0 spiro atoms. The molecule has 0 amide bonds. The Morgan fingerprint density at radius 2 is 1.77 bits per heavy atom. The van der Waals surface area contributed by atoms with Gasteiger partial charge in [-0.2, -0.15) is 0 Å². The van der Waals surface area contributed by atoms with Gasteiger partial charge in [-0.1, -0.05) is 42.8 Å². The quantitative estimate of drug-likeness (QED) is 0.758. The van der Waals surface area contributed by atoms with Gasteiger partial charge in [0.25, 0.3) is 0 Å². The van der Waals surface area contributed by atoms with E-state index in [1.165, 1.54) is 5.56 Å². The summed E-state index contributed by atoms with van der Waals surface area (Å²) in [6.45, 7) is 8.02. The molecule has 3 heteroatoms. The van der Waals surface area contributed by atoms with Crippen molar-refractivity contribution in [2.24, 2.45) is 0 Å². The van der Waals surface area contributed by atoms with Gasteiger partial charge in [0.15, 0.2) is 0 Å². The molecule has 0 fully saturated rings. The van der Waals surface area contributed by atoms with Crippen molar-refractivity contribution in [3.8, 4) is 5.75 Å². The summed E-state index contributed by atoms with van der Waals surface area (Å²) in [4.78, 5) is 0. The third kappa shape index (κ3) is 5.36. The molecule has 2 nitrogen and oxygen atoms in total. The molecule has 2 aromatic carbocycles. The molecule has 1 N–H and O–H groups in total. The predicted octanol–water partition coefficient (Wildman–Crippen LogP) is 5.20. The van der Waals surface area contributed by atoms with Gasteiger partial charge in [0, 0.05) is 17.1 Å². The van der Waals surface area contributed by atoms with E-state index in [1.807, 2.05) is 36.4 Å². The zero-order valence-corrected chi connectivity index (χ0v) is 14.3. The van der Waals surface area contributed by atoms with Crippen LogP contribution in [0, 0.1) is 0 Å². The third-order valence-corrected chi connectivity index (χ3v) is 4.12. The van der Waals surface area contributed by atoms with Crippen LogP contribution < -0.4 is 10.1 Å². The second-order valence-electron chi connectivity index (χ2n) is 6.15. The first-order valence-corrected chi connectivity index (χ1v) is 8.07. The maximum Gasteiger partial charge on any atom is 0.120 e. The summed E-state index contributed by atoms with van der Waals surface area (Å²) < 4.78 is 5.86. The number of ether oxygens (including phenoxy) is 1. The summed E-state index contributed by atoms with van der Waals surface area (Å²) in [5.74, 6) is 0.892. The van der Waals surface area contributed by atoms with Gasteiger partial charge >= 0.3 is 0 Å². The summed E-state index contributed by atoms with van der Waals surface area (Å²) in [5, 5.41) is 4.31. The minimum atomic E-state index is 0.153. The SMILES string of the molecule is CCC(C)(C)NCc1cccc(OCc2ccc(Cl)cc2)c1. The van der Waals surface area contributed by atoms with E-state index in [1.54, 1.807) is 0 Å². The Balaban J connectivity index is 1.92. The molecule has 0 aliphatic heterocycles. The average molecular weight is 318 g/mol. The van der Waals surface area contributed by atoms with Crippen molar-refractivity contribution in [3.63, 3.8) is 0 Å². The van der Waals surface area contributed by atoms with Crippen molar-refractivity contribution in [2.45, 2.75) is 45.9 Å². The van der Waals surface area contributed by atoms with Crippen LogP contribution in [0.2, 0.25) is 5.02 Å². The lowest BCUT2D eigenvalue weighted by molar-refractivity contribution is 0.305. The van der Waals surface area contributed by atoms with E-state index in [4.69, 9.17) is 16.3 Å². The molecule has 118 valence electrons. The average Bonchev–Trinajstić information content (AvgIpc) is 2.53. The monoisotopic (exact) mass is 317 g/mol. The van der Waals surface area contributed by atoms with Crippen LogP contribution in [0.3, 0.4) is 0 Å². The van der Waals surface area contributed by atoms with Crippen molar-refractivity contribution in [1.29, 1.82) is 0 Å². The molecule has 0 aliphatic rings. The van der Waals surface area contributed by atoms with E-state index < -0.39 is 0 Å². The van der Waals surface area contributed by atoms with Crippen molar-refractivity contribution < 1.29 is 4.74 Å². The fourth-order valence-corrected chi connectivity index (χ4v) is 2.08. The van der Waals surface area contributed by atoms with Gasteiger partial charge in [-0.3, -0.25) is 0 Å². The number of nitrogens with one attached hydrogen (secondary N) is 1. The number of benzene rings is 2. The highest BCUT2D eigenvalue weighted by molar-refractivity contribution is 6.30. The second-order valence-corrected chi connectivity index (χ2v) is 6.59. The molecule has 0 bridgehead atoms. The largest absolute Gasteiger partial charge is 0.489 e. The summed E-state index contributed by atoms with van der Waals surface area (Å²) in [6.07, 6.45) is 1.10. The Kier molecular flexibility index (Phi) is 5.87. The van der Waals surface area contributed by atoms with Crippen molar-refractivity contribution in [3.05, 3.63) is 64.7 Å². The minimum absolute atomic E-state index is 0.153. The molecule has 2 rings (SSSR count). The van der Waals surface area contributed by atoms with Crippen molar-refractivity contribution in [1.82, 2.24) is 5.32 Å². The Bertz CT molecular complexity index is 593. The molecule has 0 aromatic heterocycles. The van der Waals surface area contributed by atoms with Crippen LogP contribution in [0.4, 0.5) is 0 Å². The van der Waals surface area contributed by atoms with Gasteiger partial charge in [0.05, 0.1) is 0 Å². The number of rotatable bonds is 7. The minimum Gasteiger partial charge on any atom is -0.489 e. The molecular weight excluding hydrogens is 294 g/mol. The van der Waals surface area contributed by atoms with Gasteiger partial charge < -0.3 is 10.1 Å². The van der Waals surface area contributed by atoms with Crippen LogP contribution in [-0.4, -0.2) is 5.54 Å². The van der Waals surface area contributed by atoms with E-state index >= 15 is 0 Å². The van der Waals surface area contributed by atoms with E-state index in [0.29, 0.717) is 6.61 Å². The first-order valence-electron chi connectivity index (χ1n) is 7.70. The molecule has 0 aliphatic carbocycles. The molecule has 0 heterocycles. The van der Waals surface area contributed by atoms with Crippen LogP contribution in [0.5, 0.6) is 5.75 Å². The number of hydrogen-bond acceptors (Lipinski definition) is 2. The van der Waals surface area contributed by atoms with Crippen LogP contribution in [-0.2, 0) is 13.2 Å². The molecule has 0 saturated carbocycles. The van der Waals surface area contributed by atoms with Crippen molar-refractivity contribution >= 4 is 11.6 Å². The lowest BCUT2D eigenvalue weighted by atomic mass is 10.0. The molecule has 0 radical (unpaired) electrons. The molecule has 2 aromatic rings. The second kappa shape index (κ2) is 7.66. The summed E-state index contributed by atoms with van der Waals surface area (Å²) in [7, 11) is 0.